The standard InChI is InChI=1S/C16H24N4O2.C5H10.C2H7N/c1-5-16(21)18-12-10-13(17-2)15(22-4)11-14(12)20-8-6-19(3)7-9-20;1-4-5(2)3;1-3-2/h5,10-11,17H,1,6-9H2,2-4H3,(H,18,21);4H,1-3H3;3H,1-2H3. The molecule has 0 unspecified atom stereocenters. The van der Waals surface area contributed by atoms with Crippen molar-refractivity contribution in [3.8, 4) is 5.75 Å². The molecule has 1 aliphatic heterocycles. The molecule has 3 N–H and O–H groups in total. The minimum Gasteiger partial charge on any atom is -0.495 e. The van der Waals surface area contributed by atoms with Crippen LogP contribution in [0, 0.1) is 0 Å². The predicted molar refractivity (Wildman–Crippen MR) is 131 cm³/mol. The number of hydrogen-bond acceptors (Lipinski definition) is 6. The van der Waals surface area contributed by atoms with Crippen LogP contribution in [0.15, 0.2) is 36.4 Å². The Morgan fingerprint density at radius 2 is 1.63 bits per heavy atom. The molecule has 170 valence electrons. The van der Waals surface area contributed by atoms with Crippen molar-refractivity contribution in [2.75, 3.05) is 77.0 Å². The number of hydrogen-bond donors (Lipinski definition) is 3. The number of nitrogens with zero attached hydrogens (tertiary/aromatic N) is 2. The molecule has 30 heavy (non-hydrogen) atoms. The number of carbonyl (C=O) groups is 1. The molecule has 7 heteroatoms. The van der Waals surface area contributed by atoms with Crippen molar-refractivity contribution in [3.63, 3.8) is 0 Å². The average molecular weight is 420 g/mol. The number of ether oxygens (including phenoxy) is 1. The summed E-state index contributed by atoms with van der Waals surface area (Å²) in [6.07, 6.45) is 3.36. The van der Waals surface area contributed by atoms with Gasteiger partial charge in [0.25, 0.3) is 0 Å². The van der Waals surface area contributed by atoms with Crippen LogP contribution < -0.4 is 25.6 Å². The van der Waals surface area contributed by atoms with Gasteiger partial charge in [-0.1, -0.05) is 18.2 Å². The molecular formula is C23H41N5O2. The highest BCUT2D eigenvalue weighted by Crippen LogP contribution is 2.37. The van der Waals surface area contributed by atoms with Gasteiger partial charge >= 0.3 is 0 Å². The molecule has 0 bridgehead atoms. The Hall–Kier alpha value is -2.51. The van der Waals surface area contributed by atoms with E-state index < -0.39 is 0 Å². The molecule has 1 aromatic rings. The third-order valence-corrected chi connectivity index (χ3v) is 4.45. The fraction of sp³-hybridized carbons (Fsp3) is 0.522. The molecule has 0 aliphatic carbocycles. The van der Waals surface area contributed by atoms with E-state index in [-0.39, 0.29) is 5.91 Å². The lowest BCUT2D eigenvalue weighted by Gasteiger charge is -2.35. The summed E-state index contributed by atoms with van der Waals surface area (Å²) < 4.78 is 5.44. The van der Waals surface area contributed by atoms with E-state index in [1.165, 1.54) is 11.6 Å². The first-order valence-corrected chi connectivity index (χ1v) is 10.2. The van der Waals surface area contributed by atoms with Crippen LogP contribution >= 0.6 is 0 Å². The van der Waals surface area contributed by atoms with Gasteiger partial charge in [-0.3, -0.25) is 4.79 Å². The number of methoxy groups -OCH3 is 1. The lowest BCUT2D eigenvalue weighted by atomic mass is 10.1. The van der Waals surface area contributed by atoms with Crippen LogP contribution in [0.4, 0.5) is 17.1 Å². The summed E-state index contributed by atoms with van der Waals surface area (Å²) in [5.41, 5.74) is 3.95. The van der Waals surface area contributed by atoms with Gasteiger partial charge in [-0.05, 0) is 54.1 Å². The molecule has 1 aromatic carbocycles. The van der Waals surface area contributed by atoms with Crippen molar-refractivity contribution in [3.05, 3.63) is 36.4 Å². The minimum absolute atomic E-state index is 0.220. The molecule has 1 aliphatic rings. The van der Waals surface area contributed by atoms with Crippen molar-refractivity contribution in [2.45, 2.75) is 20.8 Å². The summed E-state index contributed by atoms with van der Waals surface area (Å²) in [7, 11) is 9.33. The first-order chi connectivity index (χ1) is 14.3. The zero-order valence-corrected chi connectivity index (χ0v) is 20.1. The fourth-order valence-electron chi connectivity index (χ4n) is 2.53. The maximum atomic E-state index is 11.7. The van der Waals surface area contributed by atoms with E-state index in [0.717, 1.165) is 49.0 Å². The summed E-state index contributed by atoms with van der Waals surface area (Å²) in [6, 6.07) is 3.86. The maximum absolute atomic E-state index is 11.7. The van der Waals surface area contributed by atoms with Crippen LogP contribution in [-0.4, -0.2) is 72.3 Å². The maximum Gasteiger partial charge on any atom is 0.247 e. The first-order valence-electron chi connectivity index (χ1n) is 10.2. The first kappa shape index (κ1) is 27.5. The lowest BCUT2D eigenvalue weighted by Crippen LogP contribution is -2.44. The quantitative estimate of drug-likeness (QED) is 0.502. The number of nitrogens with one attached hydrogen (secondary N) is 3. The largest absolute Gasteiger partial charge is 0.495 e. The zero-order chi connectivity index (χ0) is 23.1. The van der Waals surface area contributed by atoms with E-state index in [0.29, 0.717) is 0 Å². The van der Waals surface area contributed by atoms with Gasteiger partial charge in [-0.15, -0.1) is 0 Å². The summed E-state index contributed by atoms with van der Waals surface area (Å²) in [4.78, 5) is 16.3. The number of benzene rings is 1. The number of carbonyl (C=O) groups excluding carboxylic acids is 1. The average Bonchev–Trinajstić information content (AvgIpc) is 2.74. The molecule has 2 rings (SSSR count). The number of amides is 1. The number of rotatable bonds is 5. The summed E-state index contributed by atoms with van der Waals surface area (Å²) >= 11 is 0. The van der Waals surface area contributed by atoms with E-state index in [4.69, 9.17) is 4.74 Å². The zero-order valence-electron chi connectivity index (χ0n) is 20.1. The molecule has 0 saturated carbocycles. The number of anilines is 3. The van der Waals surface area contributed by atoms with E-state index >= 15 is 0 Å². The summed E-state index contributed by atoms with van der Waals surface area (Å²) in [5, 5.41) is 8.72. The molecule has 7 nitrogen and oxygen atoms in total. The van der Waals surface area contributed by atoms with Gasteiger partial charge in [0.05, 0.1) is 24.2 Å². The van der Waals surface area contributed by atoms with Crippen molar-refractivity contribution in [1.29, 1.82) is 0 Å². The minimum atomic E-state index is -0.220. The monoisotopic (exact) mass is 419 g/mol. The molecule has 0 atom stereocenters. The fourth-order valence-corrected chi connectivity index (χ4v) is 2.53. The number of piperazine rings is 1. The van der Waals surface area contributed by atoms with Gasteiger partial charge in [-0.25, -0.2) is 0 Å². The molecule has 0 aromatic heterocycles. The van der Waals surface area contributed by atoms with Crippen LogP contribution in [-0.2, 0) is 4.79 Å². The summed E-state index contributed by atoms with van der Waals surface area (Å²) in [5.74, 6) is 0.538. The third kappa shape index (κ3) is 9.80. The molecule has 1 fully saturated rings. The Kier molecular flexibility index (Phi) is 14.1. The van der Waals surface area contributed by atoms with Crippen molar-refractivity contribution in [1.82, 2.24) is 10.2 Å². The van der Waals surface area contributed by atoms with Crippen LogP contribution in [0.3, 0.4) is 0 Å². The lowest BCUT2D eigenvalue weighted by molar-refractivity contribution is -0.111. The van der Waals surface area contributed by atoms with E-state index in [9.17, 15) is 4.79 Å². The molecule has 0 spiro atoms. The Bertz CT molecular complexity index is 676. The molecule has 1 amide bonds. The van der Waals surface area contributed by atoms with Crippen molar-refractivity contribution in [2.24, 2.45) is 0 Å². The second-order valence-electron chi connectivity index (χ2n) is 7.17. The number of likely N-dealkylation sites (N-methyl/N-ethyl adjacent to an activating group) is 1. The molecule has 1 saturated heterocycles. The Morgan fingerprint density at radius 1 is 1.10 bits per heavy atom. The molecule has 1 heterocycles. The van der Waals surface area contributed by atoms with Gasteiger partial charge in [0.2, 0.25) is 5.91 Å². The van der Waals surface area contributed by atoms with Crippen LogP contribution in [0.2, 0.25) is 0 Å². The normalized spacial score (nSPS) is 13.0. The second-order valence-corrected chi connectivity index (χ2v) is 7.17. The highest BCUT2D eigenvalue weighted by Gasteiger charge is 2.20. The van der Waals surface area contributed by atoms with Gasteiger partial charge in [0, 0.05) is 39.3 Å². The molecule has 0 radical (unpaired) electrons. The summed E-state index contributed by atoms with van der Waals surface area (Å²) in [6.45, 7) is 13.5. The highest BCUT2D eigenvalue weighted by atomic mass is 16.5. The Balaban J connectivity index is 0.000000902. The van der Waals surface area contributed by atoms with Gasteiger partial charge in [0.1, 0.15) is 5.75 Å². The third-order valence-electron chi connectivity index (χ3n) is 4.45. The van der Waals surface area contributed by atoms with Gasteiger partial charge in [0.15, 0.2) is 0 Å². The predicted octanol–water partition coefficient (Wildman–Crippen LogP) is 3.42. The van der Waals surface area contributed by atoms with E-state index in [2.05, 4.69) is 59.3 Å². The highest BCUT2D eigenvalue weighted by molar-refractivity contribution is 6.02. The van der Waals surface area contributed by atoms with Gasteiger partial charge in [-0.2, -0.15) is 0 Å². The van der Waals surface area contributed by atoms with Crippen LogP contribution in [0.25, 0.3) is 0 Å². The van der Waals surface area contributed by atoms with Crippen LogP contribution in [0.1, 0.15) is 20.8 Å². The second kappa shape index (κ2) is 15.3. The number of allylic oxidation sites excluding steroid dienone is 2. The topological polar surface area (TPSA) is 68.9 Å². The SMILES string of the molecule is C=CC(=O)Nc1cc(NC)c(OC)cc1N1CCN(C)CC1.CC=C(C)C.CNC. The van der Waals surface area contributed by atoms with Crippen molar-refractivity contribution < 1.29 is 9.53 Å². The van der Waals surface area contributed by atoms with Gasteiger partial charge < -0.3 is 30.5 Å². The van der Waals surface area contributed by atoms with Crippen molar-refractivity contribution >= 4 is 23.0 Å². The Labute approximate surface area is 183 Å². The van der Waals surface area contributed by atoms with E-state index in [1.807, 2.05) is 40.2 Å². The van der Waals surface area contributed by atoms with E-state index in [1.54, 1.807) is 7.11 Å². The Morgan fingerprint density at radius 3 is 2.03 bits per heavy atom. The molecular weight excluding hydrogens is 378 g/mol. The smallest absolute Gasteiger partial charge is 0.247 e. The van der Waals surface area contributed by atoms with Crippen LogP contribution in [0.5, 0.6) is 5.75 Å².